The Kier molecular flexibility index (Phi) is 9.35. The number of benzene rings is 6. The minimum Gasteiger partial charge on any atom is -1.00 e. The van der Waals surface area contributed by atoms with Gasteiger partial charge in [-0.2, -0.15) is 4.57 Å². The van der Waals surface area contributed by atoms with Crippen molar-refractivity contribution in [3.05, 3.63) is 187 Å². The summed E-state index contributed by atoms with van der Waals surface area (Å²) in [6.45, 7) is 0.667. The first-order chi connectivity index (χ1) is 21.8. The van der Waals surface area contributed by atoms with Crippen LogP contribution < -0.4 is 21.5 Å². The van der Waals surface area contributed by atoms with Gasteiger partial charge in [-0.25, -0.2) is 0 Å². The average Bonchev–Trinajstić information content (AvgIpc) is 3.10. The minimum atomic E-state index is 0. The van der Waals surface area contributed by atoms with E-state index in [0.29, 0.717) is 6.54 Å². The molecule has 45 heavy (non-hydrogen) atoms. The van der Waals surface area contributed by atoms with Crippen LogP contribution in [-0.2, 0) is 6.54 Å². The SMILES string of the molecule is Clc1ccc(C[n+]2c(-c3ccccc3)c(-c3ccccc3)c(-c3ccccc3)c(-c3ccccc3)c2-c2ccccc2)cc1.[Br-]. The lowest BCUT2D eigenvalue weighted by molar-refractivity contribution is -0.665. The fraction of sp³-hybridized carbons (Fsp3) is 0.0238. The van der Waals surface area contributed by atoms with E-state index in [1.165, 1.54) is 50.3 Å². The van der Waals surface area contributed by atoms with E-state index in [9.17, 15) is 0 Å². The number of aromatic nitrogens is 1. The van der Waals surface area contributed by atoms with E-state index in [-0.39, 0.29) is 17.0 Å². The highest BCUT2D eigenvalue weighted by atomic mass is 79.9. The molecule has 6 aromatic carbocycles. The number of halogens is 2. The lowest BCUT2D eigenvalue weighted by Gasteiger charge is -2.23. The van der Waals surface area contributed by atoms with Crippen molar-refractivity contribution >= 4 is 11.6 Å². The monoisotopic (exact) mass is 663 g/mol. The summed E-state index contributed by atoms with van der Waals surface area (Å²) in [7, 11) is 0. The van der Waals surface area contributed by atoms with Crippen molar-refractivity contribution in [1.82, 2.24) is 0 Å². The summed E-state index contributed by atoms with van der Waals surface area (Å²) in [6.07, 6.45) is 0. The molecule has 0 fully saturated rings. The minimum absolute atomic E-state index is 0. The Morgan fingerprint density at radius 1 is 0.356 bits per heavy atom. The lowest BCUT2D eigenvalue weighted by Crippen LogP contribution is -3.00. The molecule has 1 heterocycles. The van der Waals surface area contributed by atoms with Crippen LogP contribution in [0, 0.1) is 0 Å². The second-order valence-electron chi connectivity index (χ2n) is 10.9. The molecule has 3 heteroatoms. The van der Waals surface area contributed by atoms with Crippen LogP contribution in [0.4, 0.5) is 0 Å². The first-order valence-corrected chi connectivity index (χ1v) is 15.3. The molecule has 0 bridgehead atoms. The second-order valence-corrected chi connectivity index (χ2v) is 11.3. The average molecular weight is 665 g/mol. The first-order valence-electron chi connectivity index (χ1n) is 14.9. The Bertz CT molecular complexity index is 1890. The summed E-state index contributed by atoms with van der Waals surface area (Å²) in [5.41, 5.74) is 13.0. The van der Waals surface area contributed by atoms with Crippen LogP contribution in [0.15, 0.2) is 176 Å². The summed E-state index contributed by atoms with van der Waals surface area (Å²) in [4.78, 5) is 0. The zero-order valence-electron chi connectivity index (χ0n) is 24.7. The third-order valence-electron chi connectivity index (χ3n) is 8.05. The van der Waals surface area contributed by atoms with E-state index in [1.54, 1.807) is 0 Å². The molecule has 0 saturated carbocycles. The van der Waals surface area contributed by atoms with Crippen LogP contribution in [0.25, 0.3) is 55.9 Å². The summed E-state index contributed by atoms with van der Waals surface area (Å²) >= 11 is 6.36. The molecule has 0 aliphatic rings. The third kappa shape index (κ3) is 6.26. The highest BCUT2D eigenvalue weighted by Crippen LogP contribution is 2.47. The normalized spacial score (nSPS) is 10.7. The highest BCUT2D eigenvalue weighted by molar-refractivity contribution is 6.30. The Morgan fingerprint density at radius 2 is 0.667 bits per heavy atom. The van der Waals surface area contributed by atoms with E-state index in [2.05, 4.69) is 168 Å². The zero-order chi connectivity index (χ0) is 29.7. The van der Waals surface area contributed by atoms with Crippen LogP contribution >= 0.6 is 11.6 Å². The van der Waals surface area contributed by atoms with E-state index in [0.717, 1.165) is 16.1 Å². The third-order valence-corrected chi connectivity index (χ3v) is 8.30. The molecule has 218 valence electrons. The van der Waals surface area contributed by atoms with Crippen molar-refractivity contribution < 1.29 is 21.5 Å². The van der Waals surface area contributed by atoms with Gasteiger partial charge in [-0.1, -0.05) is 151 Å². The smallest absolute Gasteiger partial charge is 0.221 e. The predicted octanol–water partition coefficient (Wildman–Crippen LogP) is 8.01. The van der Waals surface area contributed by atoms with Crippen molar-refractivity contribution in [2.45, 2.75) is 6.54 Å². The molecule has 0 aliphatic carbocycles. The molecule has 1 aromatic heterocycles. The quantitative estimate of drug-likeness (QED) is 0.152. The molecular weight excluding hydrogens is 634 g/mol. The van der Waals surface area contributed by atoms with Crippen LogP contribution in [0.5, 0.6) is 0 Å². The van der Waals surface area contributed by atoms with Crippen molar-refractivity contribution in [3.8, 4) is 55.9 Å². The predicted molar refractivity (Wildman–Crippen MR) is 184 cm³/mol. The maximum absolute atomic E-state index is 6.36. The molecule has 1 nitrogen and oxygen atoms in total. The van der Waals surface area contributed by atoms with E-state index in [4.69, 9.17) is 11.6 Å². The van der Waals surface area contributed by atoms with Crippen LogP contribution in [0.1, 0.15) is 5.56 Å². The summed E-state index contributed by atoms with van der Waals surface area (Å²) in [5.74, 6) is 0. The van der Waals surface area contributed by atoms with Gasteiger partial charge in [0.25, 0.3) is 0 Å². The molecule has 7 aromatic rings. The Morgan fingerprint density at radius 3 is 1.02 bits per heavy atom. The molecule has 0 saturated heterocycles. The van der Waals surface area contributed by atoms with Gasteiger partial charge in [-0.05, 0) is 53.1 Å². The fourth-order valence-corrected chi connectivity index (χ4v) is 6.26. The number of nitrogens with zero attached hydrogens (tertiary/aromatic N) is 1. The summed E-state index contributed by atoms with van der Waals surface area (Å²) in [5, 5.41) is 0.736. The summed E-state index contributed by atoms with van der Waals surface area (Å²) in [6, 6.07) is 62.3. The Labute approximate surface area is 280 Å². The van der Waals surface area contributed by atoms with E-state index < -0.39 is 0 Å². The molecule has 0 aliphatic heterocycles. The van der Waals surface area contributed by atoms with Crippen LogP contribution in [-0.4, -0.2) is 0 Å². The molecule has 0 radical (unpaired) electrons. The molecular formula is C42H31BrClN. The second kappa shape index (κ2) is 13.9. The Balaban J connectivity index is 0.00000357. The lowest BCUT2D eigenvalue weighted by atomic mass is 9.82. The van der Waals surface area contributed by atoms with E-state index in [1.807, 2.05) is 12.1 Å². The molecule has 0 atom stereocenters. The number of hydrogen-bond donors (Lipinski definition) is 0. The maximum Gasteiger partial charge on any atom is 0.221 e. The van der Waals surface area contributed by atoms with E-state index >= 15 is 0 Å². The molecule has 0 spiro atoms. The van der Waals surface area contributed by atoms with Crippen LogP contribution in [0.3, 0.4) is 0 Å². The van der Waals surface area contributed by atoms with Gasteiger partial charge >= 0.3 is 0 Å². The van der Waals surface area contributed by atoms with Gasteiger partial charge in [-0.3, -0.25) is 0 Å². The van der Waals surface area contributed by atoms with Gasteiger partial charge < -0.3 is 17.0 Å². The Hall–Kier alpha value is -4.76. The number of pyridine rings is 1. The van der Waals surface area contributed by atoms with Crippen molar-refractivity contribution in [1.29, 1.82) is 0 Å². The number of hydrogen-bond acceptors (Lipinski definition) is 0. The van der Waals surface area contributed by atoms with Crippen molar-refractivity contribution in [3.63, 3.8) is 0 Å². The number of rotatable bonds is 7. The van der Waals surface area contributed by atoms with Gasteiger partial charge in [0.15, 0.2) is 6.54 Å². The molecule has 7 rings (SSSR count). The standard InChI is InChI=1S/C42H31ClN.BrH/c43-37-28-26-31(27-29-37)30-44-41(35-22-12-4-13-23-35)39(33-18-8-2-9-19-33)38(32-16-6-1-7-17-32)40(34-20-10-3-11-21-34)42(44)36-24-14-5-15-25-36;/h1-29H,30H2;1H/q+1;/p-1. The van der Waals surface area contributed by atoms with Gasteiger partial charge in [0.2, 0.25) is 11.4 Å². The highest BCUT2D eigenvalue weighted by Gasteiger charge is 2.34. The zero-order valence-corrected chi connectivity index (χ0v) is 27.0. The topological polar surface area (TPSA) is 3.88 Å². The maximum atomic E-state index is 6.36. The summed E-state index contributed by atoms with van der Waals surface area (Å²) < 4.78 is 2.52. The van der Waals surface area contributed by atoms with Crippen molar-refractivity contribution in [2.75, 3.05) is 0 Å². The van der Waals surface area contributed by atoms with Gasteiger partial charge in [0.1, 0.15) is 0 Å². The van der Waals surface area contributed by atoms with Gasteiger partial charge in [-0.15, -0.1) is 0 Å². The first kappa shape index (κ1) is 30.3. The molecule has 0 N–H and O–H groups in total. The molecule has 0 unspecified atom stereocenters. The van der Waals surface area contributed by atoms with Crippen LogP contribution in [0.2, 0.25) is 5.02 Å². The fourth-order valence-electron chi connectivity index (χ4n) is 6.13. The molecule has 0 amide bonds. The van der Waals surface area contributed by atoms with Crippen molar-refractivity contribution in [2.24, 2.45) is 0 Å². The van der Waals surface area contributed by atoms with Gasteiger partial charge in [0.05, 0.1) is 11.1 Å². The largest absolute Gasteiger partial charge is 1.00 e. The van der Waals surface area contributed by atoms with Gasteiger partial charge in [0, 0.05) is 27.3 Å².